The van der Waals surface area contributed by atoms with E-state index in [1.54, 1.807) is 58.9 Å². The number of nitrogens with one attached hydrogen (secondary N) is 1. The van der Waals surface area contributed by atoms with E-state index in [0.29, 0.717) is 12.8 Å². The number of carbonyl (C=O) groups excluding carboxylic acids is 1. The monoisotopic (exact) mass is 555 g/mol. The van der Waals surface area contributed by atoms with Gasteiger partial charge >= 0.3 is 12.3 Å². The van der Waals surface area contributed by atoms with Gasteiger partial charge in [-0.25, -0.2) is 9.18 Å². The van der Waals surface area contributed by atoms with E-state index in [0.717, 1.165) is 6.07 Å². The molecule has 0 spiro atoms. The van der Waals surface area contributed by atoms with Crippen molar-refractivity contribution in [2.24, 2.45) is 5.92 Å². The molecule has 1 heterocycles. The van der Waals surface area contributed by atoms with Crippen LogP contribution in [-0.4, -0.2) is 49.0 Å². The van der Waals surface area contributed by atoms with E-state index in [4.69, 9.17) is 18.9 Å². The Labute approximate surface area is 227 Å². The van der Waals surface area contributed by atoms with Crippen molar-refractivity contribution >= 4 is 12.2 Å². The molecule has 2 aliphatic rings. The number of ether oxygens (including phenoxy) is 4. The zero-order valence-electron chi connectivity index (χ0n) is 22.9. The quantitative estimate of drug-likeness (QED) is 0.276. The van der Waals surface area contributed by atoms with E-state index in [-0.39, 0.29) is 37.1 Å². The van der Waals surface area contributed by atoms with Gasteiger partial charge in [0.05, 0.1) is 25.4 Å². The predicted octanol–water partition coefficient (Wildman–Crippen LogP) is 7.00. The summed E-state index contributed by atoms with van der Waals surface area (Å²) in [5.74, 6) is -1.50. The van der Waals surface area contributed by atoms with Crippen LogP contribution in [0.5, 0.6) is 5.75 Å². The van der Waals surface area contributed by atoms with Crippen molar-refractivity contribution in [1.29, 1.82) is 0 Å². The Balaban J connectivity index is 1.74. The van der Waals surface area contributed by atoms with Crippen molar-refractivity contribution in [2.45, 2.75) is 76.7 Å². The third kappa shape index (κ3) is 9.39. The maximum absolute atomic E-state index is 13.9. The second kappa shape index (κ2) is 12.1. The van der Waals surface area contributed by atoms with Crippen molar-refractivity contribution < 1.29 is 41.3 Å². The van der Waals surface area contributed by atoms with Crippen LogP contribution in [0.1, 0.15) is 58.6 Å². The summed E-state index contributed by atoms with van der Waals surface area (Å²) in [5, 5.41) is 2.74. The molecule has 1 fully saturated rings. The largest absolute Gasteiger partial charge is 0.493 e. The van der Waals surface area contributed by atoms with Gasteiger partial charge in [0.2, 0.25) is 0 Å². The average Bonchev–Trinajstić information content (AvgIpc) is 2.82. The lowest BCUT2D eigenvalue weighted by Gasteiger charge is -2.42. The summed E-state index contributed by atoms with van der Waals surface area (Å²) in [6.45, 7) is 8.67. The third-order valence-electron chi connectivity index (χ3n) is 6.12. The number of carbonyl (C=O) groups is 1. The molecule has 1 amide bonds. The molecule has 1 aromatic carbocycles. The summed E-state index contributed by atoms with van der Waals surface area (Å²) >= 11 is 0. The molecular formula is C29H37F4NO5. The Kier molecular flexibility index (Phi) is 9.54. The first-order chi connectivity index (χ1) is 18.1. The predicted molar refractivity (Wildman–Crippen MR) is 140 cm³/mol. The normalized spacial score (nSPS) is 22.6. The van der Waals surface area contributed by atoms with Crippen LogP contribution >= 0.6 is 0 Å². The summed E-state index contributed by atoms with van der Waals surface area (Å²) in [5.41, 5.74) is -2.60. The number of hydrogen-bond donors (Lipinski definition) is 1. The minimum atomic E-state index is -4.66. The molecule has 1 saturated heterocycles. The molecule has 39 heavy (non-hydrogen) atoms. The first kappa shape index (κ1) is 30.7. The number of amides is 1. The molecule has 2 atom stereocenters. The molecule has 6 nitrogen and oxygen atoms in total. The number of allylic oxidation sites excluding steroid dienone is 4. The Hall–Kier alpha value is -2.85. The number of rotatable bonds is 8. The van der Waals surface area contributed by atoms with Crippen LogP contribution in [0.3, 0.4) is 0 Å². The second-order valence-electron chi connectivity index (χ2n) is 11.2. The van der Waals surface area contributed by atoms with Crippen LogP contribution in [0.15, 0.2) is 48.6 Å². The molecule has 2 unspecified atom stereocenters. The highest BCUT2D eigenvalue weighted by molar-refractivity contribution is 5.70. The van der Waals surface area contributed by atoms with Gasteiger partial charge in [-0.3, -0.25) is 0 Å². The van der Waals surface area contributed by atoms with Crippen LogP contribution in [0.4, 0.5) is 22.4 Å². The lowest BCUT2D eigenvalue weighted by Crippen LogP contribution is -2.60. The molecular weight excluding hydrogens is 518 g/mol. The minimum absolute atomic E-state index is 0.0203. The van der Waals surface area contributed by atoms with Crippen molar-refractivity contribution in [3.8, 4) is 5.75 Å². The highest BCUT2D eigenvalue weighted by atomic mass is 19.4. The zero-order chi connectivity index (χ0) is 28.9. The number of alkyl halides is 4. The minimum Gasteiger partial charge on any atom is -0.493 e. The summed E-state index contributed by atoms with van der Waals surface area (Å²) in [6.07, 6.45) is 3.99. The first-order valence-electron chi connectivity index (χ1n) is 12.9. The SMILES string of the molecule is CC(C)(C)OC(=O)NC1(/C=C/c2ccc(OCCCC3C=CC=CC3F)c(C(F)(F)F)c2)COC(C)(C)OC1. The van der Waals surface area contributed by atoms with Gasteiger partial charge in [0, 0.05) is 5.92 Å². The van der Waals surface area contributed by atoms with Crippen molar-refractivity contribution in [1.82, 2.24) is 5.32 Å². The number of benzene rings is 1. The van der Waals surface area contributed by atoms with Gasteiger partial charge in [0.25, 0.3) is 0 Å². The van der Waals surface area contributed by atoms with Crippen molar-refractivity contribution in [2.75, 3.05) is 19.8 Å². The van der Waals surface area contributed by atoms with Gasteiger partial charge in [-0.15, -0.1) is 0 Å². The fourth-order valence-corrected chi connectivity index (χ4v) is 4.04. The molecule has 1 aliphatic carbocycles. The maximum atomic E-state index is 13.9. The topological polar surface area (TPSA) is 66.0 Å². The van der Waals surface area contributed by atoms with Gasteiger partial charge in [0.1, 0.15) is 23.1 Å². The van der Waals surface area contributed by atoms with Crippen LogP contribution in [-0.2, 0) is 20.4 Å². The standard InChI is InChI=1S/C29H37F4NO5/c1-26(2,3)39-25(35)34-28(18-37-27(4,5)38-19-28)15-14-20-12-13-24(22(17-20)29(31,32)33)36-16-8-10-21-9-6-7-11-23(21)30/h6-7,9,11-15,17,21,23H,8,10,16,18-19H2,1-5H3,(H,34,35)/b15-14+. The van der Waals surface area contributed by atoms with Crippen molar-refractivity contribution in [3.05, 3.63) is 59.7 Å². The van der Waals surface area contributed by atoms with E-state index >= 15 is 0 Å². The van der Waals surface area contributed by atoms with E-state index in [2.05, 4.69) is 5.32 Å². The fraction of sp³-hybridized carbons (Fsp3) is 0.552. The Bertz CT molecular complexity index is 1080. The number of halogens is 4. The molecule has 216 valence electrons. The molecule has 0 aromatic heterocycles. The van der Waals surface area contributed by atoms with Crippen LogP contribution in [0.2, 0.25) is 0 Å². The molecule has 0 radical (unpaired) electrons. The van der Waals surface area contributed by atoms with E-state index in [9.17, 15) is 22.4 Å². The van der Waals surface area contributed by atoms with Gasteiger partial charge < -0.3 is 24.3 Å². The average molecular weight is 556 g/mol. The van der Waals surface area contributed by atoms with E-state index in [1.807, 2.05) is 0 Å². The molecule has 10 heteroatoms. The fourth-order valence-electron chi connectivity index (χ4n) is 4.04. The summed E-state index contributed by atoms with van der Waals surface area (Å²) in [7, 11) is 0. The Morgan fingerprint density at radius 3 is 2.41 bits per heavy atom. The molecule has 0 bridgehead atoms. The van der Waals surface area contributed by atoms with Crippen LogP contribution in [0.25, 0.3) is 6.08 Å². The number of hydrogen-bond acceptors (Lipinski definition) is 5. The lowest BCUT2D eigenvalue weighted by molar-refractivity contribution is -0.263. The lowest BCUT2D eigenvalue weighted by atomic mass is 9.94. The summed E-state index contributed by atoms with van der Waals surface area (Å²) in [4.78, 5) is 12.5. The molecule has 1 N–H and O–H groups in total. The van der Waals surface area contributed by atoms with Crippen LogP contribution < -0.4 is 10.1 Å². The smallest absolute Gasteiger partial charge is 0.419 e. The van der Waals surface area contributed by atoms with Crippen molar-refractivity contribution in [3.63, 3.8) is 0 Å². The zero-order valence-corrected chi connectivity index (χ0v) is 22.9. The van der Waals surface area contributed by atoms with Gasteiger partial charge in [-0.1, -0.05) is 42.5 Å². The third-order valence-corrected chi connectivity index (χ3v) is 6.12. The van der Waals surface area contributed by atoms with E-state index in [1.165, 1.54) is 24.3 Å². The molecule has 1 aromatic rings. The number of alkyl carbamates (subject to hydrolysis) is 1. The molecule has 0 saturated carbocycles. The first-order valence-corrected chi connectivity index (χ1v) is 12.9. The molecule has 1 aliphatic heterocycles. The molecule has 3 rings (SSSR count). The van der Waals surface area contributed by atoms with Gasteiger partial charge in [0.15, 0.2) is 5.79 Å². The highest BCUT2D eigenvalue weighted by Gasteiger charge is 2.41. The van der Waals surface area contributed by atoms with Crippen LogP contribution in [0, 0.1) is 5.92 Å². The Morgan fingerprint density at radius 1 is 1.13 bits per heavy atom. The van der Waals surface area contributed by atoms with Gasteiger partial charge in [-0.05, 0) is 65.2 Å². The van der Waals surface area contributed by atoms with Gasteiger partial charge in [-0.2, -0.15) is 13.2 Å². The summed E-state index contributed by atoms with van der Waals surface area (Å²) < 4.78 is 77.8. The maximum Gasteiger partial charge on any atom is 0.419 e. The highest BCUT2D eigenvalue weighted by Crippen LogP contribution is 2.37. The Morgan fingerprint density at radius 2 is 1.79 bits per heavy atom. The van der Waals surface area contributed by atoms with E-state index < -0.39 is 40.9 Å². The summed E-state index contributed by atoms with van der Waals surface area (Å²) in [6, 6.07) is 3.73. The second-order valence-corrected chi connectivity index (χ2v) is 11.2.